The highest BCUT2D eigenvalue weighted by atomic mass is 35.5. The average molecular weight is 302 g/mol. The Kier molecular flexibility index (Phi) is 4.94. The van der Waals surface area contributed by atoms with Crippen molar-refractivity contribution in [2.45, 2.75) is 31.7 Å². The van der Waals surface area contributed by atoms with E-state index in [4.69, 9.17) is 23.2 Å². The molecule has 5 heteroatoms. The quantitative estimate of drug-likeness (QED) is 0.839. The Morgan fingerprint density at radius 2 is 2.11 bits per heavy atom. The molecule has 2 atom stereocenters. The first-order chi connectivity index (χ1) is 9.11. The largest absolute Gasteiger partial charge is 0.507 e. The summed E-state index contributed by atoms with van der Waals surface area (Å²) in [7, 11) is 0. The van der Waals surface area contributed by atoms with Crippen LogP contribution in [0.2, 0.25) is 5.02 Å². The Hall–Kier alpha value is -0.930. The van der Waals surface area contributed by atoms with Gasteiger partial charge >= 0.3 is 0 Å². The smallest absolute Gasteiger partial charge is 0.255 e. The highest BCUT2D eigenvalue weighted by molar-refractivity contribution is 6.30. The Morgan fingerprint density at radius 3 is 2.79 bits per heavy atom. The fourth-order valence-electron chi connectivity index (χ4n) is 2.53. The third-order valence-electron chi connectivity index (χ3n) is 3.63. The number of aromatic hydroxyl groups is 1. The summed E-state index contributed by atoms with van der Waals surface area (Å²) in [6.07, 6.45) is 4.25. The Bertz CT molecular complexity index is 465. The van der Waals surface area contributed by atoms with Crippen LogP contribution in [0.15, 0.2) is 18.2 Å². The first-order valence-corrected chi connectivity index (χ1v) is 7.38. The van der Waals surface area contributed by atoms with Gasteiger partial charge < -0.3 is 10.4 Å². The van der Waals surface area contributed by atoms with Crippen LogP contribution in [0.5, 0.6) is 5.75 Å². The summed E-state index contributed by atoms with van der Waals surface area (Å²) in [5.41, 5.74) is 0.253. The van der Waals surface area contributed by atoms with Gasteiger partial charge in [-0.2, -0.15) is 0 Å². The van der Waals surface area contributed by atoms with Crippen LogP contribution >= 0.6 is 23.2 Å². The first kappa shape index (κ1) is 14.5. The van der Waals surface area contributed by atoms with Gasteiger partial charge in [-0.25, -0.2) is 0 Å². The number of phenolic OH excluding ortho intramolecular Hbond substituents is 1. The molecule has 1 aromatic rings. The molecule has 0 saturated heterocycles. The standard InChI is InChI=1S/C14H17Cl2NO2/c15-8-9-3-1-2-4-12(9)17-14(19)11-6-5-10(16)7-13(11)18/h5-7,9,12,18H,1-4,8H2,(H,17,19). The van der Waals surface area contributed by atoms with E-state index in [1.807, 2.05) is 0 Å². The molecule has 1 aliphatic carbocycles. The fraction of sp³-hybridized carbons (Fsp3) is 0.500. The molecule has 19 heavy (non-hydrogen) atoms. The molecule has 1 fully saturated rings. The SMILES string of the molecule is O=C(NC1CCCCC1CCl)c1ccc(Cl)cc1O. The maximum Gasteiger partial charge on any atom is 0.255 e. The summed E-state index contributed by atoms with van der Waals surface area (Å²) in [5, 5.41) is 13.1. The lowest BCUT2D eigenvalue weighted by atomic mass is 9.85. The van der Waals surface area contributed by atoms with Crippen molar-refractivity contribution in [2.75, 3.05) is 5.88 Å². The van der Waals surface area contributed by atoms with Crippen molar-refractivity contribution in [2.24, 2.45) is 5.92 Å². The van der Waals surface area contributed by atoms with E-state index in [1.54, 1.807) is 6.07 Å². The van der Waals surface area contributed by atoms with Gasteiger partial charge in [0.15, 0.2) is 0 Å². The van der Waals surface area contributed by atoms with Gasteiger partial charge in [-0.3, -0.25) is 4.79 Å². The zero-order valence-electron chi connectivity index (χ0n) is 10.5. The van der Waals surface area contributed by atoms with Crippen LogP contribution in [0.25, 0.3) is 0 Å². The van der Waals surface area contributed by atoms with E-state index >= 15 is 0 Å². The van der Waals surface area contributed by atoms with Crippen molar-refractivity contribution in [3.05, 3.63) is 28.8 Å². The van der Waals surface area contributed by atoms with Crippen molar-refractivity contribution in [3.8, 4) is 5.75 Å². The van der Waals surface area contributed by atoms with Gasteiger partial charge in [-0.05, 0) is 37.0 Å². The first-order valence-electron chi connectivity index (χ1n) is 6.47. The van der Waals surface area contributed by atoms with Crippen molar-refractivity contribution in [3.63, 3.8) is 0 Å². The maximum absolute atomic E-state index is 12.1. The third-order valence-corrected chi connectivity index (χ3v) is 4.26. The van der Waals surface area contributed by atoms with Gasteiger partial charge in [0, 0.05) is 16.9 Å². The zero-order valence-corrected chi connectivity index (χ0v) is 12.0. The molecular formula is C14H17Cl2NO2. The van der Waals surface area contributed by atoms with Crippen molar-refractivity contribution >= 4 is 29.1 Å². The second-order valence-electron chi connectivity index (χ2n) is 4.94. The number of nitrogens with one attached hydrogen (secondary N) is 1. The lowest BCUT2D eigenvalue weighted by Gasteiger charge is -2.30. The van der Waals surface area contributed by atoms with E-state index in [0.29, 0.717) is 16.8 Å². The molecule has 3 nitrogen and oxygen atoms in total. The molecule has 2 N–H and O–H groups in total. The number of rotatable bonds is 3. The van der Waals surface area contributed by atoms with Gasteiger partial charge in [-0.15, -0.1) is 11.6 Å². The van der Waals surface area contributed by atoms with Gasteiger partial charge in [0.2, 0.25) is 0 Å². The van der Waals surface area contributed by atoms with E-state index in [1.165, 1.54) is 12.1 Å². The number of amides is 1. The van der Waals surface area contributed by atoms with Crippen LogP contribution in [0.4, 0.5) is 0 Å². The molecule has 0 aromatic heterocycles. The Morgan fingerprint density at radius 1 is 1.37 bits per heavy atom. The highest BCUT2D eigenvalue weighted by Gasteiger charge is 2.26. The van der Waals surface area contributed by atoms with Gasteiger partial charge in [0.1, 0.15) is 5.75 Å². The normalized spacial score (nSPS) is 23.1. The van der Waals surface area contributed by atoms with Crippen LogP contribution in [0, 0.1) is 5.92 Å². The number of hydrogen-bond donors (Lipinski definition) is 2. The molecule has 0 heterocycles. The summed E-state index contributed by atoms with van der Waals surface area (Å²) in [4.78, 5) is 12.1. The van der Waals surface area contributed by atoms with Crippen LogP contribution in [0.1, 0.15) is 36.0 Å². The summed E-state index contributed by atoms with van der Waals surface area (Å²) in [5.74, 6) is 0.505. The van der Waals surface area contributed by atoms with E-state index in [2.05, 4.69) is 5.32 Å². The summed E-state index contributed by atoms with van der Waals surface area (Å²) in [6.45, 7) is 0. The highest BCUT2D eigenvalue weighted by Crippen LogP contribution is 2.27. The van der Waals surface area contributed by atoms with E-state index in [-0.39, 0.29) is 23.3 Å². The Balaban J connectivity index is 2.07. The number of hydrogen-bond acceptors (Lipinski definition) is 2. The molecule has 0 spiro atoms. The lowest BCUT2D eigenvalue weighted by molar-refractivity contribution is 0.0908. The number of carbonyl (C=O) groups excluding carboxylic acids is 1. The predicted octanol–water partition coefficient (Wildman–Crippen LogP) is 3.57. The minimum atomic E-state index is -0.267. The number of benzene rings is 1. The molecule has 104 valence electrons. The fourth-order valence-corrected chi connectivity index (χ4v) is 3.06. The van der Waals surface area contributed by atoms with Crippen LogP contribution < -0.4 is 5.32 Å². The second-order valence-corrected chi connectivity index (χ2v) is 5.69. The van der Waals surface area contributed by atoms with Crippen molar-refractivity contribution < 1.29 is 9.90 Å². The van der Waals surface area contributed by atoms with Crippen molar-refractivity contribution in [1.29, 1.82) is 0 Å². The molecule has 0 radical (unpaired) electrons. The second kappa shape index (κ2) is 6.49. The van der Waals surface area contributed by atoms with E-state index in [9.17, 15) is 9.90 Å². The number of phenols is 1. The van der Waals surface area contributed by atoms with Crippen LogP contribution in [0.3, 0.4) is 0 Å². The molecule has 1 aromatic carbocycles. The Labute approximate surface area is 122 Å². The van der Waals surface area contributed by atoms with Gasteiger partial charge in [-0.1, -0.05) is 24.4 Å². The molecule has 0 bridgehead atoms. The molecule has 2 unspecified atom stereocenters. The monoisotopic (exact) mass is 301 g/mol. The van der Waals surface area contributed by atoms with Crippen molar-refractivity contribution in [1.82, 2.24) is 5.32 Å². The average Bonchev–Trinajstić information content (AvgIpc) is 2.39. The van der Waals surface area contributed by atoms with E-state index < -0.39 is 0 Å². The minimum Gasteiger partial charge on any atom is -0.507 e. The molecule has 1 aliphatic rings. The number of alkyl halides is 1. The van der Waals surface area contributed by atoms with Gasteiger partial charge in [0.25, 0.3) is 5.91 Å². The van der Waals surface area contributed by atoms with Crippen LogP contribution in [-0.4, -0.2) is 22.9 Å². The summed E-state index contributed by atoms with van der Waals surface area (Å²) >= 11 is 11.7. The maximum atomic E-state index is 12.1. The summed E-state index contributed by atoms with van der Waals surface area (Å²) in [6, 6.07) is 4.59. The predicted molar refractivity (Wildman–Crippen MR) is 77.0 cm³/mol. The van der Waals surface area contributed by atoms with Gasteiger partial charge in [0.05, 0.1) is 5.56 Å². The zero-order chi connectivity index (χ0) is 13.8. The number of carbonyl (C=O) groups is 1. The molecular weight excluding hydrogens is 285 g/mol. The molecule has 1 amide bonds. The lowest BCUT2D eigenvalue weighted by Crippen LogP contribution is -2.42. The van der Waals surface area contributed by atoms with Crippen LogP contribution in [-0.2, 0) is 0 Å². The number of halogens is 2. The van der Waals surface area contributed by atoms with E-state index in [0.717, 1.165) is 25.7 Å². The minimum absolute atomic E-state index is 0.0915. The molecule has 2 rings (SSSR count). The third kappa shape index (κ3) is 3.54. The topological polar surface area (TPSA) is 49.3 Å². The molecule has 1 saturated carbocycles. The summed E-state index contributed by atoms with van der Waals surface area (Å²) < 4.78 is 0. The molecule has 0 aliphatic heterocycles.